The van der Waals surface area contributed by atoms with Gasteiger partial charge in [-0.2, -0.15) is 0 Å². The molecular weight excluding hydrogens is 404 g/mol. The first-order valence-corrected chi connectivity index (χ1v) is 9.49. The van der Waals surface area contributed by atoms with E-state index in [9.17, 15) is 29.3 Å². The molecule has 3 rings (SSSR count). The Hall–Kier alpha value is -3.01. The Morgan fingerprint density at radius 2 is 1.86 bits per heavy atom. The van der Waals surface area contributed by atoms with Gasteiger partial charge in [0.1, 0.15) is 11.9 Å². The summed E-state index contributed by atoms with van der Waals surface area (Å²) in [7, 11) is 0. The number of nitro groups is 1. The zero-order valence-corrected chi connectivity index (χ0v) is 16.3. The Morgan fingerprint density at radius 3 is 2.45 bits per heavy atom. The summed E-state index contributed by atoms with van der Waals surface area (Å²) >= 11 is 5.80. The molecule has 1 fully saturated rings. The summed E-state index contributed by atoms with van der Waals surface area (Å²) in [5.41, 5.74) is -0.349. The number of benzene rings is 1. The van der Waals surface area contributed by atoms with E-state index in [-0.39, 0.29) is 28.8 Å². The monoisotopic (exact) mass is 422 g/mol. The van der Waals surface area contributed by atoms with Gasteiger partial charge in [-0.25, -0.2) is 0 Å². The van der Waals surface area contributed by atoms with Gasteiger partial charge in [0.25, 0.3) is 17.5 Å². The summed E-state index contributed by atoms with van der Waals surface area (Å²) in [5, 5.41) is 13.0. The number of carbonyl (C=O) groups excluding carboxylic acids is 4. The third kappa shape index (κ3) is 4.21. The summed E-state index contributed by atoms with van der Waals surface area (Å²) < 4.78 is 0. The maximum Gasteiger partial charge on any atom is 0.270 e. The molecule has 10 nitrogen and oxygen atoms in total. The van der Waals surface area contributed by atoms with Gasteiger partial charge in [0.15, 0.2) is 0 Å². The van der Waals surface area contributed by atoms with Crippen molar-refractivity contribution in [2.75, 3.05) is 19.6 Å². The highest BCUT2D eigenvalue weighted by molar-refractivity contribution is 6.30. The van der Waals surface area contributed by atoms with E-state index in [0.29, 0.717) is 25.9 Å². The number of nitrogens with one attached hydrogen (secondary N) is 1. The molecule has 2 heterocycles. The molecule has 0 aromatic heterocycles. The molecule has 1 saturated heterocycles. The van der Waals surface area contributed by atoms with Gasteiger partial charge in [-0.15, -0.1) is 11.6 Å². The minimum Gasteiger partial charge on any atom is -0.352 e. The largest absolute Gasteiger partial charge is 0.352 e. The lowest BCUT2D eigenvalue weighted by atomic mass is 10.0. The molecule has 0 radical (unpaired) electrons. The van der Waals surface area contributed by atoms with Crippen LogP contribution in [0, 0.1) is 10.1 Å². The van der Waals surface area contributed by atoms with Crippen LogP contribution in [0.25, 0.3) is 0 Å². The molecule has 2 aliphatic heterocycles. The summed E-state index contributed by atoms with van der Waals surface area (Å²) in [5.74, 6) is -2.06. The van der Waals surface area contributed by atoms with Crippen LogP contribution in [0.3, 0.4) is 0 Å². The maximum atomic E-state index is 12.4. The lowest BCUT2D eigenvalue weighted by molar-refractivity contribution is -0.384. The molecule has 1 aromatic rings. The second-order valence-electron chi connectivity index (χ2n) is 6.97. The third-order valence-corrected chi connectivity index (χ3v) is 5.17. The van der Waals surface area contributed by atoms with Crippen LogP contribution in [0.4, 0.5) is 5.69 Å². The van der Waals surface area contributed by atoms with Crippen LogP contribution in [0.1, 0.15) is 40.5 Å². The molecule has 1 N–H and O–H groups in total. The molecule has 4 amide bonds. The minimum absolute atomic E-state index is 0.0374. The Morgan fingerprint density at radius 1 is 1.24 bits per heavy atom. The number of alkyl halides is 1. The highest BCUT2D eigenvalue weighted by atomic mass is 35.5. The average Bonchev–Trinajstić information content (AvgIpc) is 2.92. The number of amides is 4. The number of carbonyl (C=O) groups is 4. The number of likely N-dealkylation sites (tertiary alicyclic amines) is 1. The molecule has 0 spiro atoms. The smallest absolute Gasteiger partial charge is 0.270 e. The van der Waals surface area contributed by atoms with E-state index in [1.165, 1.54) is 6.07 Å². The summed E-state index contributed by atoms with van der Waals surface area (Å²) in [6.07, 6.45) is 1.07. The number of nitrogens with zero attached hydrogens (tertiary/aromatic N) is 3. The number of halogens is 1. The number of non-ortho nitro benzene ring substituents is 1. The molecule has 1 unspecified atom stereocenters. The number of fused-ring (bicyclic) bond motifs is 1. The standard InChI is InChI=1S/C18H19ClN4O6/c1-10(19)16(25)21-6-4-11(5-7-21)20-15(24)9-22-17(26)13-3-2-12(23(28)29)8-14(13)18(22)27/h2-3,8,10-11H,4-7,9H2,1H3,(H,20,24). The van der Waals surface area contributed by atoms with Gasteiger partial charge < -0.3 is 10.2 Å². The predicted octanol–water partition coefficient (Wildman–Crippen LogP) is 0.925. The topological polar surface area (TPSA) is 130 Å². The van der Waals surface area contributed by atoms with Crippen molar-refractivity contribution in [1.29, 1.82) is 0 Å². The molecule has 0 aliphatic carbocycles. The minimum atomic E-state index is -0.736. The Kier molecular flexibility index (Phi) is 5.83. The second kappa shape index (κ2) is 8.16. The summed E-state index contributed by atoms with van der Waals surface area (Å²) in [6, 6.07) is 3.21. The number of rotatable bonds is 5. The highest BCUT2D eigenvalue weighted by Gasteiger charge is 2.38. The third-order valence-electron chi connectivity index (χ3n) is 4.98. The number of imide groups is 1. The van der Waals surface area contributed by atoms with E-state index < -0.39 is 34.6 Å². The fourth-order valence-electron chi connectivity index (χ4n) is 3.45. The van der Waals surface area contributed by atoms with Crippen LogP contribution in [0.5, 0.6) is 0 Å². The van der Waals surface area contributed by atoms with Crippen molar-refractivity contribution in [2.45, 2.75) is 31.2 Å². The fourth-order valence-corrected chi connectivity index (χ4v) is 3.59. The zero-order chi connectivity index (χ0) is 21.3. The van der Waals surface area contributed by atoms with Gasteiger partial charge in [0.2, 0.25) is 11.8 Å². The zero-order valence-electron chi connectivity index (χ0n) is 15.6. The number of hydrogen-bond acceptors (Lipinski definition) is 6. The lowest BCUT2D eigenvalue weighted by Gasteiger charge is -2.33. The van der Waals surface area contributed by atoms with Gasteiger partial charge in [-0.3, -0.25) is 34.2 Å². The van der Waals surface area contributed by atoms with E-state index in [2.05, 4.69) is 5.32 Å². The van der Waals surface area contributed by atoms with Crippen molar-refractivity contribution in [3.8, 4) is 0 Å². The second-order valence-corrected chi connectivity index (χ2v) is 7.62. The molecular formula is C18H19ClN4O6. The van der Waals surface area contributed by atoms with Gasteiger partial charge in [-0.1, -0.05) is 0 Å². The molecule has 11 heteroatoms. The van der Waals surface area contributed by atoms with Crippen LogP contribution in [0.2, 0.25) is 0 Å². The van der Waals surface area contributed by atoms with Gasteiger partial charge in [0, 0.05) is 31.3 Å². The summed E-state index contributed by atoms with van der Waals surface area (Å²) in [4.78, 5) is 61.7. The first-order valence-electron chi connectivity index (χ1n) is 9.06. The van der Waals surface area contributed by atoms with Gasteiger partial charge in [-0.05, 0) is 25.8 Å². The fraction of sp³-hybridized carbons (Fsp3) is 0.444. The number of piperidine rings is 1. The summed E-state index contributed by atoms with van der Waals surface area (Å²) in [6.45, 7) is 2.04. The highest BCUT2D eigenvalue weighted by Crippen LogP contribution is 2.26. The Labute approximate surface area is 170 Å². The van der Waals surface area contributed by atoms with E-state index in [1.807, 2.05) is 0 Å². The van der Waals surface area contributed by atoms with E-state index in [1.54, 1.807) is 11.8 Å². The van der Waals surface area contributed by atoms with Gasteiger partial charge in [0.05, 0.1) is 16.1 Å². The molecule has 0 saturated carbocycles. The van der Waals surface area contributed by atoms with Crippen LogP contribution in [-0.4, -0.2) is 69.4 Å². The van der Waals surface area contributed by atoms with Crippen molar-refractivity contribution in [3.63, 3.8) is 0 Å². The molecule has 154 valence electrons. The number of hydrogen-bond donors (Lipinski definition) is 1. The molecule has 2 aliphatic rings. The maximum absolute atomic E-state index is 12.4. The van der Waals surface area contributed by atoms with Crippen molar-refractivity contribution in [3.05, 3.63) is 39.4 Å². The van der Waals surface area contributed by atoms with Crippen molar-refractivity contribution in [2.24, 2.45) is 0 Å². The van der Waals surface area contributed by atoms with Gasteiger partial charge >= 0.3 is 0 Å². The molecule has 1 aromatic carbocycles. The SMILES string of the molecule is CC(Cl)C(=O)N1CCC(NC(=O)CN2C(=O)c3ccc([N+](=O)[O-])cc3C2=O)CC1. The van der Waals surface area contributed by atoms with E-state index in [4.69, 9.17) is 11.6 Å². The first-order chi connectivity index (χ1) is 13.7. The van der Waals surface area contributed by atoms with Crippen molar-refractivity contribution < 1.29 is 24.1 Å². The van der Waals surface area contributed by atoms with Crippen molar-refractivity contribution >= 4 is 40.9 Å². The van der Waals surface area contributed by atoms with Crippen LogP contribution in [-0.2, 0) is 9.59 Å². The Bertz CT molecular complexity index is 894. The van der Waals surface area contributed by atoms with E-state index >= 15 is 0 Å². The lowest BCUT2D eigenvalue weighted by Crippen LogP contribution is -2.50. The van der Waals surface area contributed by atoms with Crippen LogP contribution < -0.4 is 5.32 Å². The van der Waals surface area contributed by atoms with E-state index in [0.717, 1.165) is 17.0 Å². The quantitative estimate of drug-likeness (QED) is 0.325. The molecule has 0 bridgehead atoms. The predicted molar refractivity (Wildman–Crippen MR) is 102 cm³/mol. The van der Waals surface area contributed by atoms with Crippen LogP contribution in [0.15, 0.2) is 18.2 Å². The molecule has 29 heavy (non-hydrogen) atoms. The normalized spacial score (nSPS) is 17.9. The average molecular weight is 423 g/mol. The molecule has 1 atom stereocenters. The van der Waals surface area contributed by atoms with Crippen molar-refractivity contribution in [1.82, 2.24) is 15.1 Å². The van der Waals surface area contributed by atoms with Crippen LogP contribution >= 0.6 is 11.6 Å². The first kappa shape index (κ1) is 20.7. The number of nitro benzene ring substituents is 1. The Balaban J connectivity index is 1.58.